The van der Waals surface area contributed by atoms with E-state index < -0.39 is 23.6 Å². The van der Waals surface area contributed by atoms with Gasteiger partial charge in [-0.15, -0.1) is 0 Å². The van der Waals surface area contributed by atoms with Crippen LogP contribution in [0.15, 0.2) is 12.1 Å². The van der Waals surface area contributed by atoms with Gasteiger partial charge in [-0.25, -0.2) is 8.78 Å². The largest absolute Gasteiger partial charge is 0.494 e. The Labute approximate surface area is 90.6 Å². The topological polar surface area (TPSA) is 72.5 Å². The van der Waals surface area contributed by atoms with E-state index in [1.165, 1.54) is 7.11 Å². The Balaban J connectivity index is 3.04. The molecule has 1 aromatic rings. The summed E-state index contributed by atoms with van der Waals surface area (Å²) in [5.41, 5.74) is 5.11. The van der Waals surface area contributed by atoms with Crippen molar-refractivity contribution in [2.24, 2.45) is 5.73 Å². The van der Waals surface area contributed by atoms with Crippen LogP contribution in [0, 0.1) is 11.6 Å². The van der Waals surface area contributed by atoms with Crippen LogP contribution in [-0.4, -0.2) is 24.2 Å². The molecule has 0 aliphatic rings. The molecular formula is C10H11F2NO3. The van der Waals surface area contributed by atoms with Gasteiger partial charge >= 0.3 is 5.97 Å². The highest BCUT2D eigenvalue weighted by molar-refractivity contribution is 5.73. The lowest BCUT2D eigenvalue weighted by molar-refractivity contribution is -0.138. The van der Waals surface area contributed by atoms with E-state index in [4.69, 9.17) is 10.8 Å². The fourth-order valence-corrected chi connectivity index (χ4v) is 1.24. The lowest BCUT2D eigenvalue weighted by Gasteiger charge is -2.10. The minimum atomic E-state index is -1.28. The van der Waals surface area contributed by atoms with Gasteiger partial charge in [-0.05, 0) is 11.6 Å². The van der Waals surface area contributed by atoms with E-state index in [-0.39, 0.29) is 17.7 Å². The van der Waals surface area contributed by atoms with E-state index in [0.717, 1.165) is 12.1 Å². The molecule has 1 unspecified atom stereocenters. The molecule has 88 valence electrons. The van der Waals surface area contributed by atoms with E-state index in [1.807, 2.05) is 0 Å². The van der Waals surface area contributed by atoms with Crippen molar-refractivity contribution in [3.63, 3.8) is 0 Å². The second-order valence-electron chi connectivity index (χ2n) is 3.23. The van der Waals surface area contributed by atoms with Gasteiger partial charge in [0.1, 0.15) is 11.9 Å². The van der Waals surface area contributed by atoms with Gasteiger partial charge in [0, 0.05) is 12.5 Å². The van der Waals surface area contributed by atoms with Crippen molar-refractivity contribution in [1.82, 2.24) is 0 Å². The molecule has 0 radical (unpaired) electrons. The van der Waals surface area contributed by atoms with E-state index in [0.29, 0.717) is 0 Å². The van der Waals surface area contributed by atoms with Crippen molar-refractivity contribution in [2.75, 3.05) is 7.11 Å². The summed E-state index contributed by atoms with van der Waals surface area (Å²) in [4.78, 5) is 10.5. The molecule has 6 heteroatoms. The number of rotatable bonds is 4. The fraction of sp³-hybridized carbons (Fsp3) is 0.300. The van der Waals surface area contributed by atoms with Crippen LogP contribution in [0.3, 0.4) is 0 Å². The van der Waals surface area contributed by atoms with Gasteiger partial charge in [-0.3, -0.25) is 4.79 Å². The first-order chi connectivity index (χ1) is 7.45. The molecule has 0 bridgehead atoms. The number of hydrogen-bond acceptors (Lipinski definition) is 3. The molecule has 0 aliphatic heterocycles. The van der Waals surface area contributed by atoms with Crippen molar-refractivity contribution in [2.45, 2.75) is 12.5 Å². The van der Waals surface area contributed by atoms with Crippen LogP contribution in [-0.2, 0) is 11.2 Å². The summed E-state index contributed by atoms with van der Waals surface area (Å²) < 4.78 is 31.2. The third kappa shape index (κ3) is 2.66. The molecule has 1 rings (SSSR count). The Kier molecular flexibility index (Phi) is 3.78. The minimum absolute atomic E-state index is 0.119. The maximum Gasteiger partial charge on any atom is 0.320 e. The number of carboxylic acids is 1. The monoisotopic (exact) mass is 231 g/mol. The van der Waals surface area contributed by atoms with Gasteiger partial charge in [-0.1, -0.05) is 0 Å². The second-order valence-corrected chi connectivity index (χ2v) is 3.23. The second kappa shape index (κ2) is 4.89. The van der Waals surface area contributed by atoms with E-state index in [1.54, 1.807) is 0 Å². The first kappa shape index (κ1) is 12.4. The summed E-state index contributed by atoms with van der Waals surface area (Å²) >= 11 is 0. The van der Waals surface area contributed by atoms with E-state index in [2.05, 4.69) is 4.74 Å². The lowest BCUT2D eigenvalue weighted by Crippen LogP contribution is -2.32. The van der Waals surface area contributed by atoms with Crippen LogP contribution >= 0.6 is 0 Å². The maximum absolute atomic E-state index is 13.5. The molecule has 0 fully saturated rings. The third-order valence-corrected chi connectivity index (χ3v) is 2.06. The molecule has 4 nitrogen and oxygen atoms in total. The van der Waals surface area contributed by atoms with Gasteiger partial charge in [0.15, 0.2) is 11.6 Å². The normalized spacial score (nSPS) is 12.2. The summed E-state index contributed by atoms with van der Waals surface area (Å²) in [5, 5.41) is 8.56. The molecule has 3 N–H and O–H groups in total. The maximum atomic E-state index is 13.5. The highest BCUT2D eigenvalue weighted by Gasteiger charge is 2.18. The molecule has 0 heterocycles. The Hall–Kier alpha value is -1.69. The zero-order valence-corrected chi connectivity index (χ0v) is 8.54. The molecule has 0 aliphatic carbocycles. The quantitative estimate of drug-likeness (QED) is 0.808. The summed E-state index contributed by atoms with van der Waals surface area (Å²) in [7, 11) is 1.19. The molecule has 1 atom stereocenters. The molecule has 0 saturated carbocycles. The molecule has 16 heavy (non-hydrogen) atoms. The molecular weight excluding hydrogens is 220 g/mol. The standard InChI is InChI=1S/C10H11F2NO3/c1-16-8-4-6(11)2-5(9(8)12)3-7(13)10(14)15/h2,4,7H,3,13H2,1H3,(H,14,15). The zero-order chi connectivity index (χ0) is 12.3. The lowest BCUT2D eigenvalue weighted by atomic mass is 10.1. The summed E-state index contributed by atoms with van der Waals surface area (Å²) in [6, 6.07) is 0.507. The molecule has 0 amide bonds. The van der Waals surface area contributed by atoms with E-state index >= 15 is 0 Å². The van der Waals surface area contributed by atoms with Crippen LogP contribution in [0.25, 0.3) is 0 Å². The SMILES string of the molecule is COc1cc(F)cc(CC(N)C(=O)O)c1F. The van der Waals surface area contributed by atoms with Crippen LogP contribution in [0.2, 0.25) is 0 Å². The van der Waals surface area contributed by atoms with Crippen LogP contribution in [0.5, 0.6) is 5.75 Å². The number of ether oxygens (including phenoxy) is 1. The Bertz CT molecular complexity index is 409. The fourth-order valence-electron chi connectivity index (χ4n) is 1.24. The predicted octanol–water partition coefficient (Wildman–Crippen LogP) is 0.928. The zero-order valence-electron chi connectivity index (χ0n) is 8.54. The first-order valence-corrected chi connectivity index (χ1v) is 4.46. The number of carboxylic acid groups (broad SMARTS) is 1. The van der Waals surface area contributed by atoms with Crippen molar-refractivity contribution >= 4 is 5.97 Å². The summed E-state index contributed by atoms with van der Waals surface area (Å²) in [6.07, 6.45) is -0.296. The Morgan fingerprint density at radius 2 is 2.19 bits per heavy atom. The van der Waals surface area contributed by atoms with Crippen LogP contribution < -0.4 is 10.5 Å². The first-order valence-electron chi connectivity index (χ1n) is 4.46. The van der Waals surface area contributed by atoms with Gasteiger partial charge in [-0.2, -0.15) is 0 Å². The number of carbonyl (C=O) groups is 1. The number of halogens is 2. The highest BCUT2D eigenvalue weighted by Crippen LogP contribution is 2.23. The van der Waals surface area contributed by atoms with Gasteiger partial charge in [0.2, 0.25) is 0 Å². The summed E-state index contributed by atoms with van der Waals surface area (Å²) in [5.74, 6) is -3.04. The predicted molar refractivity (Wildman–Crippen MR) is 52.2 cm³/mol. The smallest absolute Gasteiger partial charge is 0.320 e. The van der Waals surface area contributed by atoms with Crippen molar-refractivity contribution in [1.29, 1.82) is 0 Å². The number of nitrogens with two attached hydrogens (primary N) is 1. The number of methoxy groups -OCH3 is 1. The molecule has 1 aromatic carbocycles. The number of benzene rings is 1. The number of aliphatic carboxylic acids is 1. The van der Waals surface area contributed by atoms with Crippen molar-refractivity contribution in [3.05, 3.63) is 29.3 Å². The van der Waals surface area contributed by atoms with Gasteiger partial charge in [0.25, 0.3) is 0 Å². The van der Waals surface area contributed by atoms with Crippen molar-refractivity contribution < 1.29 is 23.4 Å². The Morgan fingerprint density at radius 1 is 1.56 bits per heavy atom. The van der Waals surface area contributed by atoms with Gasteiger partial charge in [0.05, 0.1) is 7.11 Å². The summed E-state index contributed by atoms with van der Waals surface area (Å²) in [6.45, 7) is 0. The van der Waals surface area contributed by atoms with Gasteiger partial charge < -0.3 is 15.6 Å². The molecule has 0 aromatic heterocycles. The van der Waals surface area contributed by atoms with E-state index in [9.17, 15) is 13.6 Å². The van der Waals surface area contributed by atoms with Crippen molar-refractivity contribution in [3.8, 4) is 5.75 Å². The van der Waals surface area contributed by atoms with Crippen LogP contribution in [0.4, 0.5) is 8.78 Å². The third-order valence-electron chi connectivity index (χ3n) is 2.06. The minimum Gasteiger partial charge on any atom is -0.494 e. The average Bonchev–Trinajstić information content (AvgIpc) is 2.22. The average molecular weight is 231 g/mol. The molecule has 0 spiro atoms. The number of hydrogen-bond donors (Lipinski definition) is 2. The Morgan fingerprint density at radius 3 is 2.69 bits per heavy atom. The van der Waals surface area contributed by atoms with Crippen LogP contribution in [0.1, 0.15) is 5.56 Å². The molecule has 0 saturated heterocycles. The highest BCUT2D eigenvalue weighted by atomic mass is 19.1.